The van der Waals surface area contributed by atoms with Gasteiger partial charge in [-0.25, -0.2) is 4.99 Å². The molecule has 1 aliphatic rings. The molecule has 2 rings (SSSR count). The van der Waals surface area contributed by atoms with Gasteiger partial charge in [0.1, 0.15) is 0 Å². The summed E-state index contributed by atoms with van der Waals surface area (Å²) in [6.07, 6.45) is 0.134. The predicted molar refractivity (Wildman–Crippen MR) is 72.6 cm³/mol. The minimum absolute atomic E-state index is 0.134. The number of aliphatic imine (C=N–C) groups is 1. The van der Waals surface area contributed by atoms with E-state index in [-0.39, 0.29) is 6.10 Å². The molecule has 5 heteroatoms. The number of ether oxygens (including phenoxy) is 1. The average molecular weight is 251 g/mol. The van der Waals surface area contributed by atoms with Crippen molar-refractivity contribution in [3.8, 4) is 0 Å². The van der Waals surface area contributed by atoms with Gasteiger partial charge in [0.05, 0.1) is 23.2 Å². The molecule has 0 spiro atoms. The number of methoxy groups -OCH3 is 1. The number of nitrogens with zero attached hydrogens (tertiary/aromatic N) is 1. The van der Waals surface area contributed by atoms with Gasteiger partial charge in [-0.3, -0.25) is 4.72 Å². The lowest BCUT2D eigenvalue weighted by molar-refractivity contribution is 0.125. The van der Waals surface area contributed by atoms with Crippen LogP contribution in [-0.2, 0) is 4.74 Å². The molecular weight excluding hydrogens is 234 g/mol. The van der Waals surface area contributed by atoms with E-state index in [1.807, 2.05) is 6.92 Å². The molecule has 0 bridgehead atoms. The quantitative estimate of drug-likeness (QED) is 0.810. The Morgan fingerprint density at radius 3 is 3.06 bits per heavy atom. The van der Waals surface area contributed by atoms with Crippen LogP contribution in [-0.4, -0.2) is 25.7 Å². The molecule has 0 saturated heterocycles. The maximum atomic E-state index is 5.16. The summed E-state index contributed by atoms with van der Waals surface area (Å²) in [5.74, 6) is 0.792. The molecule has 1 aromatic carbocycles. The van der Waals surface area contributed by atoms with Gasteiger partial charge in [0, 0.05) is 7.11 Å². The van der Waals surface area contributed by atoms with E-state index in [0.717, 1.165) is 11.6 Å². The number of fused-ring (bicyclic) bond motifs is 1. The standard InChI is InChI=1S/C12H17N3OS/c1-8-5-4-6-10-11(8)14-12(15-17-10)13-7-9(2)16-3/h4-6,9H,7H2,1-3H3,(H2,13,14,15). The van der Waals surface area contributed by atoms with Crippen LogP contribution >= 0.6 is 11.9 Å². The molecule has 0 aliphatic carbocycles. The Balaban J connectivity index is 2.10. The molecule has 1 heterocycles. The Kier molecular flexibility index (Phi) is 3.91. The van der Waals surface area contributed by atoms with Crippen molar-refractivity contribution in [1.29, 1.82) is 0 Å². The zero-order chi connectivity index (χ0) is 12.3. The van der Waals surface area contributed by atoms with Gasteiger partial charge >= 0.3 is 0 Å². The molecule has 1 aromatic rings. The van der Waals surface area contributed by atoms with Gasteiger partial charge in [0.25, 0.3) is 0 Å². The van der Waals surface area contributed by atoms with E-state index in [0.29, 0.717) is 6.54 Å². The molecule has 0 fully saturated rings. The second kappa shape index (κ2) is 5.42. The Hall–Kier alpha value is -1.20. The van der Waals surface area contributed by atoms with Crippen LogP contribution in [0.4, 0.5) is 5.69 Å². The Bertz CT molecular complexity index is 434. The average Bonchev–Trinajstić information content (AvgIpc) is 2.36. The molecule has 4 nitrogen and oxygen atoms in total. The van der Waals surface area contributed by atoms with Crippen LogP contribution in [0, 0.1) is 6.92 Å². The van der Waals surface area contributed by atoms with Gasteiger partial charge in [-0.05, 0) is 37.4 Å². The van der Waals surface area contributed by atoms with Crippen molar-refractivity contribution in [3.05, 3.63) is 23.8 Å². The van der Waals surface area contributed by atoms with Crippen molar-refractivity contribution in [1.82, 2.24) is 4.72 Å². The molecule has 1 aliphatic heterocycles. The number of rotatable bonds is 3. The number of anilines is 1. The minimum atomic E-state index is 0.134. The fraction of sp³-hybridized carbons (Fsp3) is 0.417. The normalized spacial score (nSPS) is 18.2. The first-order valence-electron chi connectivity index (χ1n) is 5.57. The van der Waals surface area contributed by atoms with E-state index in [9.17, 15) is 0 Å². The first-order valence-corrected chi connectivity index (χ1v) is 6.39. The summed E-state index contributed by atoms with van der Waals surface area (Å²) < 4.78 is 8.35. The molecule has 0 radical (unpaired) electrons. The third-order valence-electron chi connectivity index (χ3n) is 2.64. The van der Waals surface area contributed by atoms with E-state index in [2.05, 4.69) is 40.2 Å². The van der Waals surface area contributed by atoms with Crippen LogP contribution in [0.25, 0.3) is 0 Å². The van der Waals surface area contributed by atoms with Crippen molar-refractivity contribution in [2.24, 2.45) is 4.99 Å². The van der Waals surface area contributed by atoms with Crippen LogP contribution in [0.2, 0.25) is 0 Å². The Morgan fingerprint density at radius 2 is 2.29 bits per heavy atom. The lowest BCUT2D eigenvalue weighted by Crippen LogP contribution is -2.30. The van der Waals surface area contributed by atoms with Crippen molar-refractivity contribution >= 4 is 23.6 Å². The summed E-state index contributed by atoms with van der Waals surface area (Å²) in [5.41, 5.74) is 2.36. The largest absolute Gasteiger partial charge is 0.380 e. The van der Waals surface area contributed by atoms with E-state index < -0.39 is 0 Å². The van der Waals surface area contributed by atoms with Crippen LogP contribution in [0.5, 0.6) is 0 Å². The predicted octanol–water partition coefficient (Wildman–Crippen LogP) is 2.41. The molecule has 92 valence electrons. The molecule has 1 atom stereocenters. The number of benzene rings is 1. The second-order valence-electron chi connectivity index (χ2n) is 4.01. The summed E-state index contributed by atoms with van der Waals surface area (Å²) in [6, 6.07) is 6.23. The molecule has 0 saturated carbocycles. The first-order chi connectivity index (χ1) is 8.20. The monoisotopic (exact) mass is 251 g/mol. The highest BCUT2D eigenvalue weighted by atomic mass is 32.2. The smallest absolute Gasteiger partial charge is 0.206 e. The maximum absolute atomic E-state index is 5.16. The Morgan fingerprint density at radius 1 is 1.47 bits per heavy atom. The van der Waals surface area contributed by atoms with Crippen molar-refractivity contribution < 1.29 is 4.74 Å². The topological polar surface area (TPSA) is 45.6 Å². The van der Waals surface area contributed by atoms with Gasteiger partial charge in [-0.15, -0.1) is 0 Å². The highest BCUT2D eigenvalue weighted by Crippen LogP contribution is 2.31. The lowest BCUT2D eigenvalue weighted by Gasteiger charge is -2.22. The summed E-state index contributed by atoms with van der Waals surface area (Å²) in [5, 5.41) is 3.31. The van der Waals surface area contributed by atoms with Crippen molar-refractivity contribution in [3.63, 3.8) is 0 Å². The van der Waals surface area contributed by atoms with E-state index in [1.165, 1.54) is 10.5 Å². The van der Waals surface area contributed by atoms with Gasteiger partial charge in [0.15, 0.2) is 0 Å². The molecule has 17 heavy (non-hydrogen) atoms. The number of hydrogen-bond acceptors (Lipinski definition) is 3. The van der Waals surface area contributed by atoms with Crippen molar-refractivity contribution in [2.75, 3.05) is 19.0 Å². The van der Waals surface area contributed by atoms with Gasteiger partial charge in [0.2, 0.25) is 5.96 Å². The highest BCUT2D eigenvalue weighted by Gasteiger charge is 2.15. The zero-order valence-corrected chi connectivity index (χ0v) is 11.1. The van der Waals surface area contributed by atoms with Crippen LogP contribution < -0.4 is 10.0 Å². The molecule has 1 unspecified atom stereocenters. The van der Waals surface area contributed by atoms with E-state index >= 15 is 0 Å². The number of nitrogens with one attached hydrogen (secondary N) is 2. The molecule has 0 amide bonds. The fourth-order valence-electron chi connectivity index (χ4n) is 1.50. The SMILES string of the molecule is COC(C)CN=C1NSc2cccc(C)c2N1. The fourth-order valence-corrected chi connectivity index (χ4v) is 2.28. The van der Waals surface area contributed by atoms with Crippen LogP contribution in [0.3, 0.4) is 0 Å². The lowest BCUT2D eigenvalue weighted by atomic mass is 10.2. The number of para-hydroxylation sites is 1. The summed E-state index contributed by atoms with van der Waals surface area (Å²) in [6.45, 7) is 4.74. The van der Waals surface area contributed by atoms with E-state index in [1.54, 1.807) is 19.1 Å². The second-order valence-corrected chi connectivity index (χ2v) is 4.86. The van der Waals surface area contributed by atoms with Crippen LogP contribution in [0.1, 0.15) is 12.5 Å². The highest BCUT2D eigenvalue weighted by molar-refractivity contribution is 7.98. The van der Waals surface area contributed by atoms with E-state index in [4.69, 9.17) is 4.74 Å². The summed E-state index contributed by atoms with van der Waals surface area (Å²) in [4.78, 5) is 5.64. The number of guanidine groups is 1. The van der Waals surface area contributed by atoms with Gasteiger partial charge in [-0.1, -0.05) is 12.1 Å². The van der Waals surface area contributed by atoms with Gasteiger partial charge < -0.3 is 10.1 Å². The summed E-state index contributed by atoms with van der Waals surface area (Å²) in [7, 11) is 1.70. The number of aryl methyl sites for hydroxylation is 1. The van der Waals surface area contributed by atoms with Gasteiger partial charge in [-0.2, -0.15) is 0 Å². The first kappa shape index (κ1) is 12.3. The third kappa shape index (κ3) is 2.92. The molecule has 0 aromatic heterocycles. The zero-order valence-electron chi connectivity index (χ0n) is 10.3. The van der Waals surface area contributed by atoms with Crippen LogP contribution in [0.15, 0.2) is 28.1 Å². The van der Waals surface area contributed by atoms with Crippen molar-refractivity contribution in [2.45, 2.75) is 24.8 Å². The third-order valence-corrected chi connectivity index (χ3v) is 3.50. The maximum Gasteiger partial charge on any atom is 0.206 e. The molecular formula is C12H17N3OS. The Labute approximate surface area is 106 Å². The number of hydrogen-bond donors (Lipinski definition) is 2. The minimum Gasteiger partial charge on any atom is -0.380 e. The summed E-state index contributed by atoms with van der Waals surface area (Å²) >= 11 is 1.59. The molecule has 2 N–H and O–H groups in total.